The van der Waals surface area contributed by atoms with Crippen LogP contribution in [0.15, 0.2) is 30.3 Å². The van der Waals surface area contributed by atoms with E-state index < -0.39 is 5.97 Å². The topological polar surface area (TPSA) is 80.4 Å². The molecule has 1 aliphatic carbocycles. The summed E-state index contributed by atoms with van der Waals surface area (Å²) in [4.78, 5) is 27.3. The van der Waals surface area contributed by atoms with Gasteiger partial charge in [0.1, 0.15) is 17.1 Å². The molecule has 1 amide bonds. The van der Waals surface area contributed by atoms with Crippen molar-refractivity contribution >= 4 is 17.7 Å². The Morgan fingerprint density at radius 3 is 2.54 bits per heavy atom. The minimum absolute atomic E-state index is 0.0489. The van der Waals surface area contributed by atoms with Gasteiger partial charge in [0, 0.05) is 11.6 Å². The van der Waals surface area contributed by atoms with E-state index in [2.05, 4.69) is 10.3 Å². The van der Waals surface area contributed by atoms with Crippen LogP contribution < -0.4 is 10.1 Å². The molecule has 0 aliphatic heterocycles. The molecular formula is C18H20N2O4. The van der Waals surface area contributed by atoms with Crippen molar-refractivity contribution in [1.82, 2.24) is 4.98 Å². The van der Waals surface area contributed by atoms with Gasteiger partial charge in [-0.15, -0.1) is 0 Å². The molecule has 1 aromatic carbocycles. The summed E-state index contributed by atoms with van der Waals surface area (Å²) in [5.74, 6) is 0.658. The maximum absolute atomic E-state index is 12.2. The number of ether oxygens (including phenoxy) is 2. The third-order valence-corrected chi connectivity index (χ3v) is 3.91. The van der Waals surface area contributed by atoms with Gasteiger partial charge < -0.3 is 19.8 Å². The third kappa shape index (κ3) is 3.42. The van der Waals surface area contributed by atoms with Gasteiger partial charge in [0.05, 0.1) is 13.7 Å². The van der Waals surface area contributed by atoms with Crippen LogP contribution in [0.25, 0.3) is 11.3 Å². The van der Waals surface area contributed by atoms with E-state index in [4.69, 9.17) is 9.47 Å². The zero-order chi connectivity index (χ0) is 17.1. The number of rotatable bonds is 6. The molecular weight excluding hydrogens is 308 g/mol. The fraction of sp³-hybridized carbons (Fsp3) is 0.333. The van der Waals surface area contributed by atoms with E-state index in [1.165, 1.54) is 0 Å². The number of H-pyrrole nitrogens is 1. The molecule has 6 heteroatoms. The highest BCUT2D eigenvalue weighted by molar-refractivity contribution is 6.02. The summed E-state index contributed by atoms with van der Waals surface area (Å²) in [6, 6.07) is 9.13. The van der Waals surface area contributed by atoms with Crippen LogP contribution in [0, 0.1) is 5.92 Å². The van der Waals surface area contributed by atoms with Crippen LogP contribution >= 0.6 is 0 Å². The fourth-order valence-corrected chi connectivity index (χ4v) is 2.42. The SMILES string of the molecule is CCOC(=O)c1cc(-c2ccc(OC)cc2)[nH]c1NC(=O)C1CC1. The van der Waals surface area contributed by atoms with E-state index in [9.17, 15) is 9.59 Å². The van der Waals surface area contributed by atoms with Crippen molar-refractivity contribution in [2.24, 2.45) is 5.92 Å². The molecule has 0 unspecified atom stereocenters. The second-order valence-corrected chi connectivity index (χ2v) is 5.68. The summed E-state index contributed by atoms with van der Waals surface area (Å²) in [5, 5.41) is 2.80. The number of carbonyl (C=O) groups excluding carboxylic acids is 2. The van der Waals surface area contributed by atoms with Crippen molar-refractivity contribution in [1.29, 1.82) is 0 Å². The number of anilines is 1. The third-order valence-electron chi connectivity index (χ3n) is 3.91. The zero-order valence-corrected chi connectivity index (χ0v) is 13.7. The van der Waals surface area contributed by atoms with Crippen molar-refractivity contribution < 1.29 is 19.1 Å². The first kappa shape index (κ1) is 16.1. The first-order valence-corrected chi connectivity index (χ1v) is 7.97. The summed E-state index contributed by atoms with van der Waals surface area (Å²) >= 11 is 0. The molecule has 1 aliphatic rings. The second kappa shape index (κ2) is 6.78. The standard InChI is InChI=1S/C18H20N2O4/c1-3-24-18(22)14-10-15(11-6-8-13(23-2)9-7-11)19-16(14)20-17(21)12-4-5-12/h6-10,12,19H,3-5H2,1-2H3,(H,20,21). The first-order valence-electron chi connectivity index (χ1n) is 7.97. The van der Waals surface area contributed by atoms with Crippen molar-refractivity contribution in [2.45, 2.75) is 19.8 Å². The smallest absolute Gasteiger partial charge is 0.341 e. The molecule has 0 saturated heterocycles. The minimum atomic E-state index is -0.459. The van der Waals surface area contributed by atoms with Crippen LogP contribution in [-0.4, -0.2) is 30.6 Å². The lowest BCUT2D eigenvalue weighted by molar-refractivity contribution is -0.117. The number of aromatic amines is 1. The number of esters is 1. The number of carbonyl (C=O) groups is 2. The average Bonchev–Trinajstić information content (AvgIpc) is 3.36. The molecule has 0 bridgehead atoms. The van der Waals surface area contributed by atoms with Crippen LogP contribution in [0.5, 0.6) is 5.75 Å². The highest BCUT2D eigenvalue weighted by Gasteiger charge is 2.31. The highest BCUT2D eigenvalue weighted by Crippen LogP contribution is 2.32. The molecule has 126 valence electrons. The Morgan fingerprint density at radius 1 is 1.25 bits per heavy atom. The van der Waals surface area contributed by atoms with E-state index in [1.807, 2.05) is 24.3 Å². The van der Waals surface area contributed by atoms with Gasteiger partial charge in [-0.2, -0.15) is 0 Å². The fourth-order valence-electron chi connectivity index (χ4n) is 2.42. The van der Waals surface area contributed by atoms with E-state index in [-0.39, 0.29) is 18.4 Å². The molecule has 6 nitrogen and oxygen atoms in total. The molecule has 1 fully saturated rings. The Bertz CT molecular complexity index is 745. The van der Waals surface area contributed by atoms with Gasteiger partial charge in [0.15, 0.2) is 0 Å². The molecule has 0 atom stereocenters. The van der Waals surface area contributed by atoms with E-state index in [0.717, 1.165) is 29.8 Å². The molecule has 2 aromatic rings. The lowest BCUT2D eigenvalue weighted by Crippen LogP contribution is -2.16. The highest BCUT2D eigenvalue weighted by atomic mass is 16.5. The number of hydrogen-bond donors (Lipinski definition) is 2. The first-order chi connectivity index (χ1) is 11.6. The summed E-state index contributed by atoms with van der Waals surface area (Å²) in [5.41, 5.74) is 1.94. The Hall–Kier alpha value is -2.76. The molecule has 0 spiro atoms. The van der Waals surface area contributed by atoms with Crippen LogP contribution in [0.4, 0.5) is 5.82 Å². The molecule has 24 heavy (non-hydrogen) atoms. The molecule has 1 saturated carbocycles. The number of amides is 1. The van der Waals surface area contributed by atoms with Gasteiger partial charge >= 0.3 is 5.97 Å². The van der Waals surface area contributed by atoms with Gasteiger partial charge in [0.25, 0.3) is 0 Å². The molecule has 0 radical (unpaired) electrons. The van der Waals surface area contributed by atoms with Crippen LogP contribution in [0.2, 0.25) is 0 Å². The van der Waals surface area contributed by atoms with Crippen LogP contribution in [0.1, 0.15) is 30.1 Å². The second-order valence-electron chi connectivity index (χ2n) is 5.68. The van der Waals surface area contributed by atoms with Gasteiger partial charge in [0.2, 0.25) is 5.91 Å². The lowest BCUT2D eigenvalue weighted by Gasteiger charge is -2.05. The van der Waals surface area contributed by atoms with Gasteiger partial charge in [-0.25, -0.2) is 4.79 Å². The number of benzene rings is 1. The summed E-state index contributed by atoms with van der Waals surface area (Å²) < 4.78 is 10.2. The van der Waals surface area contributed by atoms with Crippen molar-refractivity contribution in [3.8, 4) is 17.0 Å². The summed E-state index contributed by atoms with van der Waals surface area (Å²) in [6.07, 6.45) is 1.79. The maximum Gasteiger partial charge on any atom is 0.341 e. The Labute approximate surface area is 140 Å². The van der Waals surface area contributed by atoms with Gasteiger partial charge in [-0.3, -0.25) is 4.79 Å². The number of aromatic nitrogens is 1. The predicted octanol–water partition coefficient (Wildman–Crippen LogP) is 3.22. The molecule has 1 aromatic heterocycles. The Kier molecular flexibility index (Phi) is 4.55. The Balaban J connectivity index is 1.91. The lowest BCUT2D eigenvalue weighted by atomic mass is 10.1. The van der Waals surface area contributed by atoms with Crippen molar-refractivity contribution in [3.63, 3.8) is 0 Å². The quantitative estimate of drug-likeness (QED) is 0.798. The number of hydrogen-bond acceptors (Lipinski definition) is 4. The monoisotopic (exact) mass is 328 g/mol. The molecule has 1 heterocycles. The Morgan fingerprint density at radius 2 is 1.96 bits per heavy atom. The van der Waals surface area contributed by atoms with Crippen molar-refractivity contribution in [3.05, 3.63) is 35.9 Å². The van der Waals surface area contributed by atoms with Crippen molar-refractivity contribution in [2.75, 3.05) is 19.0 Å². The summed E-state index contributed by atoms with van der Waals surface area (Å²) in [7, 11) is 1.61. The maximum atomic E-state index is 12.2. The van der Waals surface area contributed by atoms with E-state index in [0.29, 0.717) is 11.4 Å². The molecule has 3 rings (SSSR count). The predicted molar refractivity (Wildman–Crippen MR) is 90.1 cm³/mol. The van der Waals surface area contributed by atoms with E-state index >= 15 is 0 Å². The average molecular weight is 328 g/mol. The van der Waals surface area contributed by atoms with Gasteiger partial charge in [-0.05, 0) is 55.7 Å². The normalized spacial score (nSPS) is 13.4. The number of methoxy groups -OCH3 is 1. The summed E-state index contributed by atoms with van der Waals surface area (Å²) in [6.45, 7) is 2.02. The number of nitrogens with one attached hydrogen (secondary N) is 2. The van der Waals surface area contributed by atoms with Crippen LogP contribution in [-0.2, 0) is 9.53 Å². The zero-order valence-electron chi connectivity index (χ0n) is 13.7. The van der Waals surface area contributed by atoms with Crippen LogP contribution in [0.3, 0.4) is 0 Å². The molecule has 2 N–H and O–H groups in total. The minimum Gasteiger partial charge on any atom is -0.497 e. The largest absolute Gasteiger partial charge is 0.497 e. The van der Waals surface area contributed by atoms with Gasteiger partial charge in [-0.1, -0.05) is 0 Å². The van der Waals surface area contributed by atoms with E-state index in [1.54, 1.807) is 20.1 Å².